The van der Waals surface area contributed by atoms with Crippen LogP contribution in [-0.2, 0) is 19.1 Å². The lowest BCUT2D eigenvalue weighted by Crippen LogP contribution is -2.36. The number of carbonyl (C=O) groups excluding carboxylic acids is 2. The molecular formula is C19H36O4. The molecule has 23 heavy (non-hydrogen) atoms. The normalized spacial score (nSPS) is 12.3. The Kier molecular flexibility index (Phi) is 9.48. The lowest BCUT2D eigenvalue weighted by atomic mass is 9.99. The Morgan fingerprint density at radius 3 is 1.52 bits per heavy atom. The van der Waals surface area contributed by atoms with E-state index in [9.17, 15) is 9.59 Å². The van der Waals surface area contributed by atoms with E-state index in [0.29, 0.717) is 6.42 Å². The summed E-state index contributed by atoms with van der Waals surface area (Å²) in [6, 6.07) is 0. The van der Waals surface area contributed by atoms with E-state index in [1.165, 1.54) is 19.3 Å². The molecule has 0 bridgehead atoms. The third kappa shape index (κ3) is 12.1. The van der Waals surface area contributed by atoms with E-state index in [2.05, 4.69) is 6.92 Å². The summed E-state index contributed by atoms with van der Waals surface area (Å²) in [4.78, 5) is 24.7. The van der Waals surface area contributed by atoms with Gasteiger partial charge in [0.2, 0.25) is 0 Å². The summed E-state index contributed by atoms with van der Waals surface area (Å²) in [7, 11) is 0. The van der Waals surface area contributed by atoms with E-state index in [4.69, 9.17) is 9.47 Å². The number of rotatable bonds is 9. The lowest BCUT2D eigenvalue weighted by molar-refractivity contribution is -0.174. The fraction of sp³-hybridized carbons (Fsp3) is 0.895. The maximum absolute atomic E-state index is 12.3. The summed E-state index contributed by atoms with van der Waals surface area (Å²) < 4.78 is 10.8. The molecule has 0 aromatic carbocycles. The molecule has 0 aliphatic carbocycles. The van der Waals surface area contributed by atoms with E-state index >= 15 is 0 Å². The molecule has 0 aromatic heterocycles. The van der Waals surface area contributed by atoms with Crippen molar-refractivity contribution in [2.45, 2.75) is 105 Å². The molecule has 0 aliphatic rings. The van der Waals surface area contributed by atoms with E-state index in [0.717, 1.165) is 19.3 Å². The van der Waals surface area contributed by atoms with Gasteiger partial charge in [-0.15, -0.1) is 0 Å². The van der Waals surface area contributed by atoms with Crippen molar-refractivity contribution in [1.29, 1.82) is 0 Å². The van der Waals surface area contributed by atoms with Crippen molar-refractivity contribution < 1.29 is 19.1 Å². The number of unbranched alkanes of at least 4 members (excludes halogenated alkanes) is 5. The molecular weight excluding hydrogens is 292 g/mol. The largest absolute Gasteiger partial charge is 0.459 e. The Morgan fingerprint density at radius 2 is 1.13 bits per heavy atom. The van der Waals surface area contributed by atoms with Gasteiger partial charge < -0.3 is 9.47 Å². The van der Waals surface area contributed by atoms with Crippen molar-refractivity contribution in [3.63, 3.8) is 0 Å². The molecule has 0 unspecified atom stereocenters. The lowest BCUT2D eigenvalue weighted by Gasteiger charge is -2.26. The SMILES string of the molecule is CCCCCCCCC(C(=O)OC(C)(C)C)C(=O)OC(C)(C)C. The van der Waals surface area contributed by atoms with Crippen molar-refractivity contribution in [2.24, 2.45) is 5.92 Å². The molecule has 0 radical (unpaired) electrons. The molecule has 4 nitrogen and oxygen atoms in total. The Hall–Kier alpha value is -1.06. The van der Waals surface area contributed by atoms with Crippen LogP contribution in [0.25, 0.3) is 0 Å². The van der Waals surface area contributed by atoms with Gasteiger partial charge in [0.25, 0.3) is 0 Å². The van der Waals surface area contributed by atoms with Crippen LogP contribution in [0.2, 0.25) is 0 Å². The fourth-order valence-electron chi connectivity index (χ4n) is 2.21. The Morgan fingerprint density at radius 1 is 0.739 bits per heavy atom. The Balaban J connectivity index is 4.61. The van der Waals surface area contributed by atoms with Crippen molar-refractivity contribution in [3.05, 3.63) is 0 Å². The highest BCUT2D eigenvalue weighted by Crippen LogP contribution is 2.21. The summed E-state index contributed by atoms with van der Waals surface area (Å²) in [5.41, 5.74) is -1.20. The third-order valence-corrected chi connectivity index (χ3v) is 3.23. The molecule has 0 aliphatic heterocycles. The van der Waals surface area contributed by atoms with Crippen LogP contribution >= 0.6 is 0 Å². The van der Waals surface area contributed by atoms with Crippen LogP contribution in [-0.4, -0.2) is 23.1 Å². The number of hydrogen-bond acceptors (Lipinski definition) is 4. The zero-order valence-electron chi connectivity index (χ0n) is 16.2. The summed E-state index contributed by atoms with van der Waals surface area (Å²) in [5.74, 6) is -1.76. The van der Waals surface area contributed by atoms with Crippen LogP contribution in [0.5, 0.6) is 0 Å². The van der Waals surface area contributed by atoms with E-state index in [1.807, 2.05) is 41.5 Å². The molecule has 0 N–H and O–H groups in total. The Labute approximate surface area is 142 Å². The predicted molar refractivity (Wildman–Crippen MR) is 93.2 cm³/mol. The summed E-state index contributed by atoms with van der Waals surface area (Å²) in [6.07, 6.45) is 7.16. The molecule has 0 spiro atoms. The topological polar surface area (TPSA) is 52.6 Å². The van der Waals surface area contributed by atoms with Crippen LogP contribution in [0.4, 0.5) is 0 Å². The van der Waals surface area contributed by atoms with E-state index in [-0.39, 0.29) is 0 Å². The highest BCUT2D eigenvalue weighted by Gasteiger charge is 2.34. The van der Waals surface area contributed by atoms with E-state index < -0.39 is 29.1 Å². The van der Waals surface area contributed by atoms with Gasteiger partial charge in [0.15, 0.2) is 5.92 Å². The standard InChI is InChI=1S/C19H36O4/c1-8-9-10-11-12-13-14-15(16(20)22-18(2,3)4)17(21)23-19(5,6)7/h15H,8-14H2,1-7H3. The monoisotopic (exact) mass is 328 g/mol. The maximum Gasteiger partial charge on any atom is 0.320 e. The van der Waals surface area contributed by atoms with Crippen molar-refractivity contribution in [3.8, 4) is 0 Å². The predicted octanol–water partition coefficient (Wildman–Crippen LogP) is 5.04. The second-order valence-electron chi connectivity index (χ2n) is 8.18. The van der Waals surface area contributed by atoms with Crippen LogP contribution < -0.4 is 0 Å². The molecule has 4 heteroatoms. The van der Waals surface area contributed by atoms with E-state index in [1.54, 1.807) is 0 Å². The molecule has 0 aromatic rings. The van der Waals surface area contributed by atoms with Gasteiger partial charge in [0.05, 0.1) is 0 Å². The molecule has 0 saturated heterocycles. The zero-order chi connectivity index (χ0) is 18.1. The van der Waals surface area contributed by atoms with Gasteiger partial charge in [0.1, 0.15) is 11.2 Å². The minimum absolute atomic E-state index is 0.472. The molecule has 0 fully saturated rings. The van der Waals surface area contributed by atoms with Gasteiger partial charge in [-0.1, -0.05) is 45.4 Å². The second kappa shape index (κ2) is 9.94. The number of hydrogen-bond donors (Lipinski definition) is 0. The van der Waals surface area contributed by atoms with Crippen molar-refractivity contribution in [2.75, 3.05) is 0 Å². The number of esters is 2. The highest BCUT2D eigenvalue weighted by molar-refractivity contribution is 5.95. The van der Waals surface area contributed by atoms with Gasteiger partial charge in [0, 0.05) is 0 Å². The smallest absolute Gasteiger partial charge is 0.320 e. The number of ether oxygens (including phenoxy) is 2. The first-order chi connectivity index (χ1) is 10.5. The summed E-state index contributed by atoms with van der Waals surface area (Å²) in [6.45, 7) is 13.0. The molecule has 0 rings (SSSR count). The molecule has 0 atom stereocenters. The quantitative estimate of drug-likeness (QED) is 0.338. The van der Waals surface area contributed by atoms with Crippen LogP contribution in [0.3, 0.4) is 0 Å². The molecule has 0 saturated carbocycles. The molecule has 0 amide bonds. The van der Waals surface area contributed by atoms with Gasteiger partial charge >= 0.3 is 11.9 Å². The first kappa shape index (κ1) is 21.9. The maximum atomic E-state index is 12.3. The van der Waals surface area contributed by atoms with Gasteiger partial charge in [-0.3, -0.25) is 9.59 Å². The second-order valence-corrected chi connectivity index (χ2v) is 8.18. The summed E-state index contributed by atoms with van der Waals surface area (Å²) >= 11 is 0. The average Bonchev–Trinajstić information content (AvgIpc) is 2.33. The number of carbonyl (C=O) groups is 2. The van der Waals surface area contributed by atoms with Gasteiger partial charge in [-0.05, 0) is 48.0 Å². The fourth-order valence-corrected chi connectivity index (χ4v) is 2.21. The van der Waals surface area contributed by atoms with Crippen LogP contribution in [0.15, 0.2) is 0 Å². The third-order valence-electron chi connectivity index (χ3n) is 3.23. The average molecular weight is 328 g/mol. The summed E-state index contributed by atoms with van der Waals surface area (Å²) in [5, 5.41) is 0. The van der Waals surface area contributed by atoms with Crippen molar-refractivity contribution in [1.82, 2.24) is 0 Å². The minimum Gasteiger partial charge on any atom is -0.459 e. The van der Waals surface area contributed by atoms with Crippen LogP contribution in [0.1, 0.15) is 93.4 Å². The van der Waals surface area contributed by atoms with Crippen LogP contribution in [0, 0.1) is 5.92 Å². The molecule has 136 valence electrons. The first-order valence-corrected chi connectivity index (χ1v) is 8.92. The highest BCUT2D eigenvalue weighted by atomic mass is 16.6. The van der Waals surface area contributed by atoms with Gasteiger partial charge in [-0.2, -0.15) is 0 Å². The Bertz CT molecular complexity index is 333. The van der Waals surface area contributed by atoms with Crippen molar-refractivity contribution >= 4 is 11.9 Å². The minimum atomic E-state index is -0.820. The molecule has 0 heterocycles. The first-order valence-electron chi connectivity index (χ1n) is 8.92. The zero-order valence-corrected chi connectivity index (χ0v) is 16.2. The van der Waals surface area contributed by atoms with Gasteiger partial charge in [-0.25, -0.2) is 0 Å².